The van der Waals surface area contributed by atoms with Gasteiger partial charge in [0.05, 0.1) is 17.4 Å². The Balaban J connectivity index is 2.15. The van der Waals surface area contributed by atoms with Gasteiger partial charge in [-0.05, 0) is 38.1 Å². The van der Waals surface area contributed by atoms with Gasteiger partial charge in [0.25, 0.3) is 0 Å². The highest BCUT2D eigenvalue weighted by atomic mass is 79.9. The molecule has 0 unspecified atom stereocenters. The van der Waals surface area contributed by atoms with Crippen LogP contribution in [-0.2, 0) is 6.54 Å². The van der Waals surface area contributed by atoms with Gasteiger partial charge >= 0.3 is 0 Å². The van der Waals surface area contributed by atoms with Gasteiger partial charge in [0.2, 0.25) is 0 Å². The predicted octanol–water partition coefficient (Wildman–Crippen LogP) is 4.72. The molecule has 21 heavy (non-hydrogen) atoms. The second kappa shape index (κ2) is 7.14. The minimum Gasteiger partial charge on any atom is -0.491 e. The Bertz CT molecular complexity index is 662. The Kier molecular flexibility index (Phi) is 5.24. The molecule has 2 aromatic rings. The summed E-state index contributed by atoms with van der Waals surface area (Å²) in [6, 6.07) is 15.7. The van der Waals surface area contributed by atoms with Gasteiger partial charge in [-0.1, -0.05) is 34.1 Å². The number of ether oxygens (including phenoxy) is 1. The second-order valence-corrected chi connectivity index (χ2v) is 5.85. The monoisotopic (exact) mass is 344 g/mol. The number of nitrogens with one attached hydrogen (secondary N) is 1. The highest BCUT2D eigenvalue weighted by Crippen LogP contribution is 2.24. The van der Waals surface area contributed by atoms with E-state index < -0.39 is 0 Å². The Morgan fingerprint density at radius 1 is 1.24 bits per heavy atom. The first-order valence-corrected chi connectivity index (χ1v) is 7.57. The van der Waals surface area contributed by atoms with E-state index in [4.69, 9.17) is 4.74 Å². The van der Waals surface area contributed by atoms with E-state index in [1.807, 2.05) is 50.2 Å². The fraction of sp³-hybridized carbons (Fsp3) is 0.235. The third-order valence-electron chi connectivity index (χ3n) is 2.91. The number of rotatable bonds is 5. The summed E-state index contributed by atoms with van der Waals surface area (Å²) < 4.78 is 6.69. The first-order valence-electron chi connectivity index (χ1n) is 6.78. The highest BCUT2D eigenvalue weighted by Gasteiger charge is 2.07. The average molecular weight is 345 g/mol. The van der Waals surface area contributed by atoms with E-state index in [1.165, 1.54) is 0 Å². The quantitative estimate of drug-likeness (QED) is 0.853. The maximum atomic E-state index is 9.18. The molecule has 0 heterocycles. The molecule has 1 N–H and O–H groups in total. The van der Waals surface area contributed by atoms with Crippen molar-refractivity contribution in [1.82, 2.24) is 0 Å². The second-order valence-electron chi connectivity index (χ2n) is 4.93. The molecule has 0 atom stereocenters. The minimum atomic E-state index is 0.133. The van der Waals surface area contributed by atoms with E-state index >= 15 is 0 Å². The van der Waals surface area contributed by atoms with Gasteiger partial charge in [-0.25, -0.2) is 0 Å². The molecule has 4 heteroatoms. The Hall–Kier alpha value is -1.99. The van der Waals surface area contributed by atoms with Gasteiger partial charge < -0.3 is 10.1 Å². The number of anilines is 1. The van der Waals surface area contributed by atoms with Crippen molar-refractivity contribution in [1.29, 1.82) is 5.26 Å². The molecule has 0 amide bonds. The molecule has 2 aromatic carbocycles. The van der Waals surface area contributed by atoms with E-state index in [-0.39, 0.29) is 6.10 Å². The zero-order valence-electron chi connectivity index (χ0n) is 12.1. The summed E-state index contributed by atoms with van der Waals surface area (Å²) in [5.41, 5.74) is 2.50. The van der Waals surface area contributed by atoms with Gasteiger partial charge in [0.1, 0.15) is 11.8 Å². The van der Waals surface area contributed by atoms with E-state index in [1.54, 1.807) is 6.07 Å². The molecule has 0 radical (unpaired) electrons. The van der Waals surface area contributed by atoms with Crippen LogP contribution in [0.15, 0.2) is 46.9 Å². The standard InChI is InChI=1S/C17H17BrN2O/c1-12(2)21-17-6-4-3-5-13(17)11-20-16-8-7-15(18)9-14(16)10-19/h3-9,12,20H,11H2,1-2H3. The summed E-state index contributed by atoms with van der Waals surface area (Å²) in [5, 5.41) is 12.5. The number of halogens is 1. The molecule has 108 valence electrons. The van der Waals surface area contributed by atoms with Crippen molar-refractivity contribution >= 4 is 21.6 Å². The van der Waals surface area contributed by atoms with E-state index in [0.717, 1.165) is 21.5 Å². The number of nitriles is 1. The average Bonchev–Trinajstić information content (AvgIpc) is 2.46. The fourth-order valence-corrected chi connectivity index (χ4v) is 2.33. The minimum absolute atomic E-state index is 0.133. The van der Waals surface area contributed by atoms with Crippen molar-refractivity contribution in [3.63, 3.8) is 0 Å². The van der Waals surface area contributed by atoms with Crippen LogP contribution in [0.5, 0.6) is 5.75 Å². The van der Waals surface area contributed by atoms with Crippen molar-refractivity contribution in [3.8, 4) is 11.8 Å². The molecule has 0 aliphatic rings. The molecule has 0 bridgehead atoms. The first kappa shape index (κ1) is 15.4. The predicted molar refractivity (Wildman–Crippen MR) is 88.4 cm³/mol. The molecular formula is C17H17BrN2O. The fourth-order valence-electron chi connectivity index (χ4n) is 1.97. The van der Waals surface area contributed by atoms with E-state index in [2.05, 4.69) is 27.3 Å². The van der Waals surface area contributed by atoms with Crippen molar-refractivity contribution in [2.24, 2.45) is 0 Å². The Labute approximate surface area is 133 Å². The molecule has 2 rings (SSSR count). The Morgan fingerprint density at radius 3 is 2.71 bits per heavy atom. The number of hydrogen-bond acceptors (Lipinski definition) is 3. The van der Waals surface area contributed by atoms with Crippen LogP contribution < -0.4 is 10.1 Å². The van der Waals surface area contributed by atoms with Crippen molar-refractivity contribution in [2.75, 3.05) is 5.32 Å². The third-order valence-corrected chi connectivity index (χ3v) is 3.40. The molecule has 0 saturated heterocycles. The Morgan fingerprint density at radius 2 is 2.00 bits per heavy atom. The smallest absolute Gasteiger partial charge is 0.124 e. The van der Waals surface area contributed by atoms with Crippen LogP contribution in [-0.4, -0.2) is 6.10 Å². The lowest BCUT2D eigenvalue weighted by Gasteiger charge is -2.15. The lowest BCUT2D eigenvalue weighted by Crippen LogP contribution is -2.09. The lowest BCUT2D eigenvalue weighted by atomic mass is 10.1. The van der Waals surface area contributed by atoms with Crippen LogP contribution >= 0.6 is 15.9 Å². The van der Waals surface area contributed by atoms with Crippen LogP contribution in [0, 0.1) is 11.3 Å². The molecule has 0 saturated carbocycles. The summed E-state index contributed by atoms with van der Waals surface area (Å²) in [6.07, 6.45) is 0.133. The number of benzene rings is 2. The van der Waals surface area contributed by atoms with Gasteiger partial charge in [-0.2, -0.15) is 5.26 Å². The van der Waals surface area contributed by atoms with Crippen molar-refractivity contribution < 1.29 is 4.74 Å². The topological polar surface area (TPSA) is 45.0 Å². The third kappa shape index (κ3) is 4.24. The summed E-state index contributed by atoms with van der Waals surface area (Å²) in [5.74, 6) is 0.871. The summed E-state index contributed by atoms with van der Waals surface area (Å²) in [6.45, 7) is 4.62. The first-order chi connectivity index (χ1) is 10.1. The highest BCUT2D eigenvalue weighted by molar-refractivity contribution is 9.10. The number of para-hydroxylation sites is 1. The van der Waals surface area contributed by atoms with Crippen molar-refractivity contribution in [2.45, 2.75) is 26.5 Å². The molecule has 0 aromatic heterocycles. The van der Waals surface area contributed by atoms with Crippen LogP contribution in [0.4, 0.5) is 5.69 Å². The van der Waals surface area contributed by atoms with E-state index in [9.17, 15) is 5.26 Å². The number of nitrogens with zero attached hydrogens (tertiary/aromatic N) is 1. The normalized spacial score (nSPS) is 10.2. The van der Waals surface area contributed by atoms with Crippen LogP contribution in [0.1, 0.15) is 25.0 Å². The van der Waals surface area contributed by atoms with Crippen molar-refractivity contribution in [3.05, 3.63) is 58.1 Å². The van der Waals surface area contributed by atoms with E-state index in [0.29, 0.717) is 12.1 Å². The number of hydrogen-bond donors (Lipinski definition) is 1. The van der Waals surface area contributed by atoms with Gasteiger partial charge in [0, 0.05) is 16.6 Å². The maximum absolute atomic E-state index is 9.18. The van der Waals surface area contributed by atoms with Gasteiger partial charge in [-0.15, -0.1) is 0 Å². The van der Waals surface area contributed by atoms with Crippen LogP contribution in [0.2, 0.25) is 0 Å². The summed E-state index contributed by atoms with van der Waals surface area (Å²) in [4.78, 5) is 0. The molecular weight excluding hydrogens is 328 g/mol. The van der Waals surface area contributed by atoms with Gasteiger partial charge in [-0.3, -0.25) is 0 Å². The molecule has 0 spiro atoms. The summed E-state index contributed by atoms with van der Waals surface area (Å²) >= 11 is 3.37. The SMILES string of the molecule is CC(C)Oc1ccccc1CNc1ccc(Br)cc1C#N. The zero-order chi connectivity index (χ0) is 15.2. The van der Waals surface area contributed by atoms with Crippen LogP contribution in [0.3, 0.4) is 0 Å². The summed E-state index contributed by atoms with van der Waals surface area (Å²) in [7, 11) is 0. The molecule has 3 nitrogen and oxygen atoms in total. The zero-order valence-corrected chi connectivity index (χ0v) is 13.6. The van der Waals surface area contributed by atoms with Crippen LogP contribution in [0.25, 0.3) is 0 Å². The molecule has 0 fully saturated rings. The van der Waals surface area contributed by atoms with Gasteiger partial charge in [0.15, 0.2) is 0 Å². The molecule has 0 aliphatic heterocycles. The molecule has 0 aliphatic carbocycles. The maximum Gasteiger partial charge on any atom is 0.124 e. The lowest BCUT2D eigenvalue weighted by molar-refractivity contribution is 0.240. The largest absolute Gasteiger partial charge is 0.491 e.